The molecule has 1 fully saturated rings. The van der Waals surface area contributed by atoms with Gasteiger partial charge < -0.3 is 19.9 Å². The third-order valence-corrected chi connectivity index (χ3v) is 6.75. The molecule has 0 aliphatic carbocycles. The molecule has 0 radical (unpaired) electrons. The van der Waals surface area contributed by atoms with Crippen molar-refractivity contribution in [2.45, 2.75) is 4.58 Å². The van der Waals surface area contributed by atoms with Crippen molar-refractivity contribution in [3.05, 3.63) is 54.1 Å². The van der Waals surface area contributed by atoms with E-state index in [0.29, 0.717) is 21.8 Å². The van der Waals surface area contributed by atoms with Crippen LogP contribution in [0.3, 0.4) is 0 Å². The lowest BCUT2D eigenvalue weighted by Gasteiger charge is -2.11. The fourth-order valence-corrected chi connectivity index (χ4v) is 5.26. The quantitative estimate of drug-likeness (QED) is 0.693. The number of aliphatic carboxylic acids is 1. The minimum atomic E-state index is -1.04. The van der Waals surface area contributed by atoms with Crippen LogP contribution in [0.2, 0.25) is 0 Å². The van der Waals surface area contributed by atoms with Crippen molar-refractivity contribution in [3.8, 4) is 11.5 Å². The van der Waals surface area contributed by atoms with Crippen LogP contribution in [0.5, 0.6) is 11.5 Å². The topological polar surface area (TPSA) is 84.9 Å². The van der Waals surface area contributed by atoms with Crippen LogP contribution in [0.4, 0.5) is 5.69 Å². The lowest BCUT2D eigenvalue weighted by Crippen LogP contribution is -2.20. The van der Waals surface area contributed by atoms with E-state index < -0.39 is 12.6 Å². The summed E-state index contributed by atoms with van der Waals surface area (Å²) >= 11 is 3.89. The zero-order chi connectivity index (χ0) is 19.1. The molecule has 3 rings (SSSR count). The summed E-state index contributed by atoms with van der Waals surface area (Å²) in [6.45, 7) is -0.500. The van der Waals surface area contributed by atoms with Gasteiger partial charge in [0.25, 0.3) is 5.91 Å². The molecule has 0 atom stereocenters. The minimum Gasteiger partial charge on any atom is -0.484 e. The zero-order valence-corrected chi connectivity index (χ0v) is 16.1. The predicted molar refractivity (Wildman–Crippen MR) is 108 cm³/mol. The average Bonchev–Trinajstić information content (AvgIpc) is 3.21. The average molecular weight is 405 g/mol. The van der Waals surface area contributed by atoms with Crippen molar-refractivity contribution < 1.29 is 24.2 Å². The Bertz CT molecular complexity index is 774. The molecular weight excluding hydrogens is 386 g/mol. The third-order valence-electron chi connectivity index (χ3n) is 3.64. The summed E-state index contributed by atoms with van der Waals surface area (Å²) in [5.74, 6) is 2.11. The number of carbonyl (C=O) groups excluding carboxylic acids is 1. The molecular formula is C19H19NO5S2. The first-order valence-corrected chi connectivity index (χ1v) is 10.4. The lowest BCUT2D eigenvalue weighted by atomic mass is 10.2. The van der Waals surface area contributed by atoms with Gasteiger partial charge in [-0.05, 0) is 42.0 Å². The van der Waals surface area contributed by atoms with Crippen LogP contribution < -0.4 is 14.8 Å². The SMILES string of the molecule is O=C(O)COc1ccc(NC(=O)COc2ccc(C3SCCS3)cc2)cc1. The van der Waals surface area contributed by atoms with E-state index in [9.17, 15) is 9.59 Å². The van der Waals surface area contributed by atoms with Crippen molar-refractivity contribution in [2.24, 2.45) is 0 Å². The molecule has 6 nitrogen and oxygen atoms in total. The predicted octanol–water partition coefficient (Wildman–Crippen LogP) is 3.65. The van der Waals surface area contributed by atoms with E-state index in [1.165, 1.54) is 17.1 Å². The van der Waals surface area contributed by atoms with Crippen LogP contribution >= 0.6 is 23.5 Å². The molecule has 1 saturated heterocycles. The number of hydrogen-bond donors (Lipinski definition) is 2. The summed E-state index contributed by atoms with van der Waals surface area (Å²) in [6, 6.07) is 14.3. The Morgan fingerprint density at radius 1 is 0.926 bits per heavy atom. The summed E-state index contributed by atoms with van der Waals surface area (Å²) < 4.78 is 11.1. The van der Waals surface area contributed by atoms with Gasteiger partial charge in [-0.15, -0.1) is 23.5 Å². The second kappa shape index (κ2) is 9.57. The second-order valence-electron chi connectivity index (χ2n) is 5.69. The van der Waals surface area contributed by atoms with E-state index >= 15 is 0 Å². The normalized spacial score (nSPS) is 13.9. The molecule has 1 heterocycles. The number of carboxylic acid groups (broad SMARTS) is 1. The maximum Gasteiger partial charge on any atom is 0.341 e. The van der Waals surface area contributed by atoms with Gasteiger partial charge in [-0.3, -0.25) is 4.79 Å². The van der Waals surface area contributed by atoms with Gasteiger partial charge in [-0.1, -0.05) is 12.1 Å². The molecule has 0 saturated carbocycles. The standard InChI is InChI=1S/C19H19NO5S2/c21-17(20-14-3-7-16(8-4-14)25-12-18(22)23)11-24-15-5-1-13(2-6-15)19-26-9-10-27-19/h1-8,19H,9-12H2,(H,20,21)(H,22,23). The highest BCUT2D eigenvalue weighted by molar-refractivity contribution is 8.19. The van der Waals surface area contributed by atoms with Crippen molar-refractivity contribution in [1.29, 1.82) is 0 Å². The van der Waals surface area contributed by atoms with Gasteiger partial charge in [0.2, 0.25) is 0 Å². The monoisotopic (exact) mass is 405 g/mol. The molecule has 1 aliphatic rings. The van der Waals surface area contributed by atoms with Gasteiger partial charge in [-0.25, -0.2) is 4.79 Å². The molecule has 2 aromatic rings. The fraction of sp³-hybridized carbons (Fsp3) is 0.263. The number of carboxylic acids is 1. The first-order chi connectivity index (χ1) is 13.1. The van der Waals surface area contributed by atoms with Gasteiger partial charge in [0, 0.05) is 17.2 Å². The van der Waals surface area contributed by atoms with Gasteiger partial charge in [0.05, 0.1) is 4.58 Å². The van der Waals surface area contributed by atoms with E-state index in [2.05, 4.69) is 5.32 Å². The Morgan fingerprint density at radius 2 is 1.48 bits per heavy atom. The van der Waals surface area contributed by atoms with Crippen molar-refractivity contribution in [1.82, 2.24) is 0 Å². The number of benzene rings is 2. The number of thioether (sulfide) groups is 2. The molecule has 27 heavy (non-hydrogen) atoms. The van der Waals surface area contributed by atoms with Gasteiger partial charge >= 0.3 is 5.97 Å². The second-order valence-corrected chi connectivity index (χ2v) is 8.41. The highest BCUT2D eigenvalue weighted by Gasteiger charge is 2.18. The zero-order valence-electron chi connectivity index (χ0n) is 14.4. The van der Waals surface area contributed by atoms with E-state index in [1.54, 1.807) is 24.3 Å². The molecule has 2 aromatic carbocycles. The molecule has 0 unspecified atom stereocenters. The largest absolute Gasteiger partial charge is 0.484 e. The lowest BCUT2D eigenvalue weighted by molar-refractivity contribution is -0.139. The molecule has 142 valence electrons. The highest BCUT2D eigenvalue weighted by atomic mass is 32.2. The molecule has 1 aliphatic heterocycles. The summed E-state index contributed by atoms with van der Waals surface area (Å²) in [7, 11) is 0. The van der Waals surface area contributed by atoms with Gasteiger partial charge in [-0.2, -0.15) is 0 Å². The van der Waals surface area contributed by atoms with Crippen LogP contribution in [-0.2, 0) is 9.59 Å². The van der Waals surface area contributed by atoms with Crippen molar-refractivity contribution >= 4 is 41.1 Å². The molecule has 0 bridgehead atoms. The molecule has 0 aromatic heterocycles. The van der Waals surface area contributed by atoms with E-state index in [-0.39, 0.29) is 12.5 Å². The van der Waals surface area contributed by atoms with Crippen LogP contribution in [-0.4, -0.2) is 41.7 Å². The molecule has 8 heteroatoms. The first kappa shape index (κ1) is 19.4. The Hall–Kier alpha value is -2.32. The van der Waals surface area contributed by atoms with Gasteiger partial charge in [0.15, 0.2) is 13.2 Å². The fourth-order valence-electron chi connectivity index (χ4n) is 2.40. The number of hydrogen-bond acceptors (Lipinski definition) is 6. The molecule has 0 spiro atoms. The first-order valence-electron chi connectivity index (χ1n) is 8.30. The Labute approximate surface area is 165 Å². The van der Waals surface area contributed by atoms with Crippen LogP contribution in [0.25, 0.3) is 0 Å². The van der Waals surface area contributed by atoms with E-state index in [1.807, 2.05) is 47.8 Å². The number of carbonyl (C=O) groups is 2. The van der Waals surface area contributed by atoms with Crippen molar-refractivity contribution in [3.63, 3.8) is 0 Å². The molecule has 2 N–H and O–H groups in total. The maximum absolute atomic E-state index is 12.0. The smallest absolute Gasteiger partial charge is 0.341 e. The summed E-state index contributed by atoms with van der Waals surface area (Å²) in [4.78, 5) is 22.5. The minimum absolute atomic E-state index is 0.0937. The van der Waals surface area contributed by atoms with Crippen LogP contribution in [0, 0.1) is 0 Å². The Kier molecular flexibility index (Phi) is 6.89. The number of amides is 1. The summed E-state index contributed by atoms with van der Waals surface area (Å²) in [5.41, 5.74) is 1.85. The highest BCUT2D eigenvalue weighted by Crippen LogP contribution is 2.45. The van der Waals surface area contributed by atoms with E-state index in [0.717, 1.165) is 0 Å². The third kappa shape index (κ3) is 6.11. The van der Waals surface area contributed by atoms with Crippen molar-refractivity contribution in [2.75, 3.05) is 30.0 Å². The van der Waals surface area contributed by atoms with Crippen LogP contribution in [0.15, 0.2) is 48.5 Å². The van der Waals surface area contributed by atoms with E-state index in [4.69, 9.17) is 14.6 Å². The van der Waals surface area contributed by atoms with Gasteiger partial charge in [0.1, 0.15) is 11.5 Å². The number of nitrogens with one attached hydrogen (secondary N) is 1. The number of rotatable bonds is 8. The molecule has 1 amide bonds. The summed E-state index contributed by atoms with van der Waals surface area (Å²) in [6.07, 6.45) is 0. The number of anilines is 1. The number of ether oxygens (including phenoxy) is 2. The summed E-state index contributed by atoms with van der Waals surface area (Å²) in [5, 5.41) is 11.3. The Morgan fingerprint density at radius 3 is 2.07 bits per heavy atom. The maximum atomic E-state index is 12.0. The van der Waals surface area contributed by atoms with Crippen LogP contribution in [0.1, 0.15) is 10.1 Å². The Balaban J connectivity index is 1.44.